The van der Waals surface area contributed by atoms with Crippen LogP contribution in [0.25, 0.3) is 22.0 Å². The summed E-state index contributed by atoms with van der Waals surface area (Å²) < 4.78 is 0. The quantitative estimate of drug-likeness (QED) is 0.733. The maximum Gasteiger partial charge on any atom is 0.0804 e. The number of para-hydroxylation sites is 1. The highest BCUT2D eigenvalue weighted by Gasteiger charge is 2.09. The van der Waals surface area contributed by atoms with Gasteiger partial charge in [-0.3, -0.25) is 4.98 Å². The molecule has 0 unspecified atom stereocenters. The zero-order chi connectivity index (χ0) is 14.7. The summed E-state index contributed by atoms with van der Waals surface area (Å²) in [6.45, 7) is 5.19. The van der Waals surface area contributed by atoms with Gasteiger partial charge in [-0.25, -0.2) is 0 Å². The average Bonchev–Trinajstić information content (AvgIpc) is 2.55. The summed E-state index contributed by atoms with van der Waals surface area (Å²) in [5.41, 5.74) is 5.80. The van der Waals surface area contributed by atoms with E-state index < -0.39 is 0 Å². The average molecular weight is 276 g/mol. The number of aryl methyl sites for hydroxylation is 1. The molecule has 0 aliphatic rings. The van der Waals surface area contributed by atoms with Crippen LogP contribution in [0.5, 0.6) is 0 Å². The SMILES string of the molecule is CCNc1cc(CC)nc2c(-c3ccccc3)cccc12. The van der Waals surface area contributed by atoms with Gasteiger partial charge in [0.25, 0.3) is 0 Å². The first-order chi connectivity index (χ1) is 10.3. The Bertz CT molecular complexity index is 748. The Morgan fingerprint density at radius 1 is 0.952 bits per heavy atom. The molecule has 0 saturated heterocycles. The van der Waals surface area contributed by atoms with Gasteiger partial charge >= 0.3 is 0 Å². The van der Waals surface area contributed by atoms with E-state index in [9.17, 15) is 0 Å². The highest BCUT2D eigenvalue weighted by Crippen LogP contribution is 2.31. The maximum absolute atomic E-state index is 4.87. The van der Waals surface area contributed by atoms with E-state index in [4.69, 9.17) is 4.98 Å². The lowest BCUT2D eigenvalue weighted by Gasteiger charge is -2.13. The zero-order valence-corrected chi connectivity index (χ0v) is 12.6. The summed E-state index contributed by atoms with van der Waals surface area (Å²) >= 11 is 0. The largest absolute Gasteiger partial charge is 0.385 e. The summed E-state index contributed by atoms with van der Waals surface area (Å²) in [7, 11) is 0. The van der Waals surface area contributed by atoms with E-state index in [0.29, 0.717) is 0 Å². The first-order valence-electron chi connectivity index (χ1n) is 7.55. The lowest BCUT2D eigenvalue weighted by atomic mass is 10.0. The van der Waals surface area contributed by atoms with E-state index in [0.717, 1.165) is 24.2 Å². The molecule has 2 heteroatoms. The van der Waals surface area contributed by atoms with E-state index in [1.165, 1.54) is 22.2 Å². The number of anilines is 1. The van der Waals surface area contributed by atoms with Crippen molar-refractivity contribution >= 4 is 16.6 Å². The summed E-state index contributed by atoms with van der Waals surface area (Å²) in [4.78, 5) is 4.87. The fourth-order valence-corrected chi connectivity index (χ4v) is 2.67. The molecule has 0 bridgehead atoms. The fourth-order valence-electron chi connectivity index (χ4n) is 2.67. The summed E-state index contributed by atoms with van der Waals surface area (Å²) in [6, 6.07) is 19.0. The molecule has 0 amide bonds. The minimum Gasteiger partial charge on any atom is -0.385 e. The molecule has 0 spiro atoms. The Hall–Kier alpha value is -2.35. The van der Waals surface area contributed by atoms with E-state index in [2.05, 4.69) is 67.7 Å². The van der Waals surface area contributed by atoms with Gasteiger partial charge in [0.1, 0.15) is 0 Å². The van der Waals surface area contributed by atoms with Gasteiger partial charge in [-0.2, -0.15) is 0 Å². The van der Waals surface area contributed by atoms with Crippen LogP contribution in [0.15, 0.2) is 54.6 Å². The first kappa shape index (κ1) is 13.6. The Kier molecular flexibility index (Phi) is 3.87. The fraction of sp³-hybridized carbons (Fsp3) is 0.211. The molecule has 0 aliphatic carbocycles. The topological polar surface area (TPSA) is 24.9 Å². The molecule has 2 nitrogen and oxygen atoms in total. The second-order valence-electron chi connectivity index (χ2n) is 5.11. The first-order valence-corrected chi connectivity index (χ1v) is 7.55. The number of pyridine rings is 1. The molecule has 0 aliphatic heterocycles. The Morgan fingerprint density at radius 3 is 2.48 bits per heavy atom. The van der Waals surface area contributed by atoms with Crippen molar-refractivity contribution in [3.63, 3.8) is 0 Å². The minimum atomic E-state index is 0.915. The van der Waals surface area contributed by atoms with Crippen LogP contribution < -0.4 is 5.32 Å². The van der Waals surface area contributed by atoms with E-state index in [1.54, 1.807) is 0 Å². The third-order valence-electron chi connectivity index (χ3n) is 3.71. The number of nitrogens with zero attached hydrogens (tertiary/aromatic N) is 1. The molecule has 3 rings (SSSR count). The lowest BCUT2D eigenvalue weighted by molar-refractivity contribution is 1.05. The van der Waals surface area contributed by atoms with Gasteiger partial charge in [0.05, 0.1) is 5.52 Å². The van der Waals surface area contributed by atoms with Crippen molar-refractivity contribution in [2.45, 2.75) is 20.3 Å². The number of aromatic nitrogens is 1. The summed E-state index contributed by atoms with van der Waals surface area (Å²) in [6.07, 6.45) is 0.942. The van der Waals surface area contributed by atoms with Crippen LogP contribution in [-0.2, 0) is 6.42 Å². The molecule has 106 valence electrons. The second kappa shape index (κ2) is 5.96. The Balaban J connectivity index is 2.29. The number of fused-ring (bicyclic) bond motifs is 1. The van der Waals surface area contributed by atoms with Crippen LogP contribution in [0.2, 0.25) is 0 Å². The van der Waals surface area contributed by atoms with Crippen molar-refractivity contribution in [3.05, 3.63) is 60.3 Å². The van der Waals surface area contributed by atoms with Crippen molar-refractivity contribution in [3.8, 4) is 11.1 Å². The zero-order valence-electron chi connectivity index (χ0n) is 12.6. The third kappa shape index (κ3) is 2.62. The molecule has 1 heterocycles. The Morgan fingerprint density at radius 2 is 1.76 bits per heavy atom. The van der Waals surface area contributed by atoms with E-state index >= 15 is 0 Å². The van der Waals surface area contributed by atoms with Crippen LogP contribution >= 0.6 is 0 Å². The smallest absolute Gasteiger partial charge is 0.0804 e. The van der Waals surface area contributed by atoms with Crippen LogP contribution in [0.1, 0.15) is 19.5 Å². The van der Waals surface area contributed by atoms with Gasteiger partial charge in [-0.15, -0.1) is 0 Å². The van der Waals surface area contributed by atoms with Crippen molar-refractivity contribution in [2.24, 2.45) is 0 Å². The minimum absolute atomic E-state index is 0.915. The predicted octanol–water partition coefficient (Wildman–Crippen LogP) is 4.90. The molecule has 0 saturated carbocycles. The molecule has 0 atom stereocenters. The number of benzene rings is 2. The number of hydrogen-bond acceptors (Lipinski definition) is 2. The third-order valence-corrected chi connectivity index (χ3v) is 3.71. The summed E-state index contributed by atoms with van der Waals surface area (Å²) in [5.74, 6) is 0. The number of rotatable bonds is 4. The predicted molar refractivity (Wildman–Crippen MR) is 90.7 cm³/mol. The van der Waals surface area contributed by atoms with Gasteiger partial charge < -0.3 is 5.32 Å². The summed E-state index contributed by atoms with van der Waals surface area (Å²) in [5, 5.41) is 4.65. The molecule has 1 N–H and O–H groups in total. The Labute approximate surface area is 125 Å². The van der Waals surface area contributed by atoms with Crippen LogP contribution in [0.3, 0.4) is 0 Å². The molecule has 2 aromatic carbocycles. The van der Waals surface area contributed by atoms with E-state index in [-0.39, 0.29) is 0 Å². The lowest BCUT2D eigenvalue weighted by Crippen LogP contribution is -2.01. The normalized spacial score (nSPS) is 10.8. The van der Waals surface area contributed by atoms with Crippen molar-refractivity contribution in [1.82, 2.24) is 4.98 Å². The van der Waals surface area contributed by atoms with Crippen LogP contribution in [-0.4, -0.2) is 11.5 Å². The van der Waals surface area contributed by atoms with Crippen molar-refractivity contribution in [1.29, 1.82) is 0 Å². The molecular weight excluding hydrogens is 256 g/mol. The van der Waals surface area contributed by atoms with Crippen molar-refractivity contribution < 1.29 is 0 Å². The molecule has 1 aromatic heterocycles. The van der Waals surface area contributed by atoms with Gasteiger partial charge in [-0.05, 0) is 25.0 Å². The molecular formula is C19H20N2. The maximum atomic E-state index is 4.87. The van der Waals surface area contributed by atoms with E-state index in [1.807, 2.05) is 6.07 Å². The molecule has 0 radical (unpaired) electrons. The van der Waals surface area contributed by atoms with Gasteiger partial charge in [0.2, 0.25) is 0 Å². The molecule has 21 heavy (non-hydrogen) atoms. The van der Waals surface area contributed by atoms with Gasteiger partial charge in [0.15, 0.2) is 0 Å². The van der Waals surface area contributed by atoms with Gasteiger partial charge in [-0.1, -0.05) is 55.5 Å². The van der Waals surface area contributed by atoms with Crippen molar-refractivity contribution in [2.75, 3.05) is 11.9 Å². The van der Waals surface area contributed by atoms with Gasteiger partial charge in [0, 0.05) is 28.9 Å². The highest BCUT2D eigenvalue weighted by atomic mass is 14.9. The second-order valence-corrected chi connectivity index (χ2v) is 5.11. The highest BCUT2D eigenvalue weighted by molar-refractivity contribution is 6.00. The monoisotopic (exact) mass is 276 g/mol. The molecule has 0 fully saturated rings. The van der Waals surface area contributed by atoms with Crippen LogP contribution in [0.4, 0.5) is 5.69 Å². The standard InChI is InChI=1S/C19H20N2/c1-3-15-13-18(20-4-2)17-12-8-11-16(19(17)21-15)14-9-6-5-7-10-14/h5-13H,3-4H2,1-2H3,(H,20,21). The number of hydrogen-bond donors (Lipinski definition) is 1. The van der Waals surface area contributed by atoms with Crippen LogP contribution in [0, 0.1) is 0 Å². The molecule has 3 aromatic rings. The number of nitrogens with one attached hydrogen (secondary N) is 1.